The molecule has 0 saturated carbocycles. The van der Waals surface area contributed by atoms with Gasteiger partial charge in [0.15, 0.2) is 10.8 Å². The van der Waals surface area contributed by atoms with Crippen LogP contribution in [0.25, 0.3) is 0 Å². The lowest BCUT2D eigenvalue weighted by Crippen LogP contribution is -2.53. The van der Waals surface area contributed by atoms with Crippen LogP contribution in [0.4, 0.5) is 14.9 Å². The fraction of sp³-hybridized carbons (Fsp3) is 0.235. The third-order valence-corrected chi connectivity index (χ3v) is 9.70. The quantitative estimate of drug-likeness (QED) is 0.228. The average Bonchev–Trinajstić information content (AvgIpc) is 3.77. The van der Waals surface area contributed by atoms with E-state index in [1.165, 1.54) is 55.0 Å². The van der Waals surface area contributed by atoms with Gasteiger partial charge in [-0.2, -0.15) is 0 Å². The number of carboxylic acids is 1. The van der Waals surface area contributed by atoms with E-state index in [4.69, 9.17) is 31.2 Å². The topological polar surface area (TPSA) is 150 Å². The van der Waals surface area contributed by atoms with Crippen molar-refractivity contribution in [2.24, 2.45) is 4.99 Å². The minimum atomic E-state index is -1.08. The summed E-state index contributed by atoms with van der Waals surface area (Å²) in [5, 5.41) is 14.9. The molecule has 0 radical (unpaired) electrons. The zero-order chi connectivity index (χ0) is 34.9. The number of thiazole rings is 1. The number of aliphatic imine (C=N–C) groups is 1. The normalized spacial score (nSPS) is 19.2. The molecule has 0 unspecified atom stereocenters. The number of ether oxygens (including phenoxy) is 2. The summed E-state index contributed by atoms with van der Waals surface area (Å²) in [6.45, 7) is 2.31. The van der Waals surface area contributed by atoms with Gasteiger partial charge in [-0.25, -0.2) is 28.7 Å². The Bertz CT molecular complexity index is 2010. The van der Waals surface area contributed by atoms with Crippen molar-refractivity contribution < 1.29 is 33.4 Å². The number of rotatable bonds is 9. The molecule has 16 heteroatoms. The van der Waals surface area contributed by atoms with Gasteiger partial charge in [-0.05, 0) is 42.5 Å². The molecule has 7 rings (SSSR count). The number of aromatic carboxylic acids is 1. The predicted octanol–water partition coefficient (Wildman–Crippen LogP) is 4.97. The molecule has 256 valence electrons. The van der Waals surface area contributed by atoms with Gasteiger partial charge in [-0.15, -0.1) is 11.3 Å². The molecular formula is C34H29ClFN7O6S. The van der Waals surface area contributed by atoms with E-state index in [0.29, 0.717) is 66.3 Å². The van der Waals surface area contributed by atoms with Crippen molar-refractivity contribution in [3.63, 3.8) is 0 Å². The Hall–Kier alpha value is -5.38. The first-order valence-electron chi connectivity index (χ1n) is 15.5. The van der Waals surface area contributed by atoms with Gasteiger partial charge in [-0.3, -0.25) is 14.8 Å². The number of halogens is 2. The number of nitrogens with zero attached hydrogens (tertiary/aromatic N) is 6. The number of amides is 2. The molecule has 13 nitrogen and oxygen atoms in total. The van der Waals surface area contributed by atoms with Crippen molar-refractivity contribution >= 4 is 52.4 Å². The molecule has 0 bridgehead atoms. The summed E-state index contributed by atoms with van der Waals surface area (Å²) in [5.41, 5.74) is 2.01. The van der Waals surface area contributed by atoms with E-state index in [9.17, 15) is 18.8 Å². The number of esters is 1. The average molecular weight is 718 g/mol. The number of piperazine rings is 1. The Morgan fingerprint density at radius 3 is 2.60 bits per heavy atom. The molecule has 5 heterocycles. The number of fused-ring (bicyclic) bond motifs is 1. The van der Waals surface area contributed by atoms with E-state index in [-0.39, 0.29) is 34.1 Å². The number of nitrogens with one attached hydrogen (secondary N) is 1. The van der Waals surface area contributed by atoms with Crippen LogP contribution < -0.4 is 15.0 Å². The van der Waals surface area contributed by atoms with Gasteiger partial charge in [0.1, 0.15) is 17.6 Å². The van der Waals surface area contributed by atoms with Crippen molar-refractivity contribution in [3.05, 3.63) is 111 Å². The highest BCUT2D eigenvalue weighted by Gasteiger charge is 2.42. The first-order valence-corrected chi connectivity index (χ1v) is 16.7. The van der Waals surface area contributed by atoms with Crippen molar-refractivity contribution in [2.45, 2.75) is 12.1 Å². The van der Waals surface area contributed by atoms with Crippen LogP contribution >= 0.6 is 22.9 Å². The van der Waals surface area contributed by atoms with Crippen molar-refractivity contribution in [1.29, 1.82) is 0 Å². The van der Waals surface area contributed by atoms with Crippen LogP contribution in [0.5, 0.6) is 11.6 Å². The predicted molar refractivity (Wildman–Crippen MR) is 182 cm³/mol. The summed E-state index contributed by atoms with van der Waals surface area (Å²) in [6.07, 6.45) is 2.88. The largest absolute Gasteiger partial charge is 0.478 e. The fourth-order valence-electron chi connectivity index (χ4n) is 6.20. The highest BCUT2D eigenvalue weighted by Crippen LogP contribution is 2.37. The van der Waals surface area contributed by atoms with Crippen LogP contribution in [0.2, 0.25) is 5.02 Å². The van der Waals surface area contributed by atoms with Crippen molar-refractivity contribution in [3.8, 4) is 11.6 Å². The Balaban J connectivity index is 1.09. The van der Waals surface area contributed by atoms with Crippen LogP contribution in [0.15, 0.2) is 88.6 Å². The Kier molecular flexibility index (Phi) is 9.18. The van der Waals surface area contributed by atoms with Gasteiger partial charge in [0.25, 0.3) is 0 Å². The second kappa shape index (κ2) is 13.9. The van der Waals surface area contributed by atoms with Gasteiger partial charge < -0.3 is 24.8 Å². The van der Waals surface area contributed by atoms with Gasteiger partial charge >= 0.3 is 18.0 Å². The Labute approximate surface area is 294 Å². The molecule has 2 fully saturated rings. The van der Waals surface area contributed by atoms with Gasteiger partial charge in [-0.1, -0.05) is 17.7 Å². The minimum absolute atomic E-state index is 0.0549. The second-order valence-electron chi connectivity index (χ2n) is 11.7. The van der Waals surface area contributed by atoms with Gasteiger partial charge in [0.2, 0.25) is 5.88 Å². The Morgan fingerprint density at radius 2 is 1.92 bits per heavy atom. The molecule has 3 aliphatic rings. The number of carbonyl (C=O) groups is 3. The van der Waals surface area contributed by atoms with Gasteiger partial charge in [0.05, 0.1) is 24.3 Å². The summed E-state index contributed by atoms with van der Waals surface area (Å²) in [4.78, 5) is 56.9. The molecule has 2 aromatic carbocycles. The van der Waals surface area contributed by atoms with Crippen LogP contribution in [-0.2, 0) is 9.53 Å². The number of pyridine rings is 1. The van der Waals surface area contributed by atoms with E-state index < -0.39 is 23.8 Å². The third-order valence-electron chi connectivity index (χ3n) is 8.60. The molecule has 4 aromatic rings. The molecule has 0 aliphatic carbocycles. The lowest BCUT2D eigenvalue weighted by atomic mass is 9.95. The molecule has 0 spiro atoms. The third kappa shape index (κ3) is 6.62. The maximum atomic E-state index is 14.0. The molecule has 2 aromatic heterocycles. The smallest absolute Gasteiger partial charge is 0.338 e. The number of methoxy groups -OCH3 is 1. The zero-order valence-corrected chi connectivity index (χ0v) is 28.0. The summed E-state index contributed by atoms with van der Waals surface area (Å²) < 4.78 is 25.0. The van der Waals surface area contributed by atoms with E-state index in [0.717, 1.165) is 0 Å². The van der Waals surface area contributed by atoms with Crippen LogP contribution in [-0.4, -0.2) is 94.6 Å². The highest BCUT2D eigenvalue weighted by molar-refractivity contribution is 7.11. The number of carboxylic acid groups (broad SMARTS) is 1. The lowest BCUT2D eigenvalue weighted by molar-refractivity contribution is -0.136. The van der Waals surface area contributed by atoms with Crippen molar-refractivity contribution in [1.82, 2.24) is 25.1 Å². The SMILES string of the molecule is COC(=O)C1=C(CN2CCN3C(=O)N(c4ccc(Oc5ccc(C(=O)O)cn5)cc4)C[C@@H]3C2)NC(c2nccs2)=N[C@H]1c1ccc(F)cc1Cl. The number of benzene rings is 2. The lowest BCUT2D eigenvalue weighted by Gasteiger charge is -2.38. The van der Waals surface area contributed by atoms with E-state index in [1.807, 2.05) is 10.3 Å². The maximum absolute atomic E-state index is 14.0. The number of hydrogen-bond acceptors (Lipinski definition) is 11. The molecule has 2 amide bonds. The number of amidine groups is 1. The summed E-state index contributed by atoms with van der Waals surface area (Å²) >= 11 is 7.87. The van der Waals surface area contributed by atoms with E-state index in [1.54, 1.807) is 35.4 Å². The Morgan fingerprint density at radius 1 is 1.10 bits per heavy atom. The fourth-order valence-corrected chi connectivity index (χ4v) is 7.06. The van der Waals surface area contributed by atoms with Gasteiger partial charge in [0, 0.05) is 78.5 Å². The number of aromatic nitrogens is 2. The van der Waals surface area contributed by atoms with E-state index in [2.05, 4.69) is 20.2 Å². The number of anilines is 1. The van der Waals surface area contributed by atoms with E-state index >= 15 is 0 Å². The first-order chi connectivity index (χ1) is 24.2. The number of urea groups is 1. The molecule has 3 aliphatic heterocycles. The molecular weight excluding hydrogens is 689 g/mol. The molecule has 2 atom stereocenters. The summed E-state index contributed by atoms with van der Waals surface area (Å²) in [5.74, 6) is -1.00. The molecule has 50 heavy (non-hydrogen) atoms. The first kappa shape index (κ1) is 33.1. The van der Waals surface area contributed by atoms with Crippen LogP contribution in [0, 0.1) is 5.82 Å². The maximum Gasteiger partial charge on any atom is 0.338 e. The number of carbonyl (C=O) groups excluding carboxylic acids is 2. The standard InChI is InChI=1S/C34H29ClFN7O6S/c1-48-33(46)28-26(39-30(31-37-10-13-50-31)40-29(28)24-8-3-20(36)14-25(24)35)18-41-11-12-42-22(16-41)17-43(34(42)47)21-4-6-23(7-5-21)49-27-9-2-19(15-38-27)32(44)45/h2-10,13-15,22,29H,11-12,16-18H2,1H3,(H,39,40)(H,44,45)/t22-,29-/m0/s1. The highest BCUT2D eigenvalue weighted by atomic mass is 35.5. The van der Waals surface area contributed by atoms with Crippen LogP contribution in [0.1, 0.15) is 27.0 Å². The second-order valence-corrected chi connectivity index (χ2v) is 13.0. The van der Waals surface area contributed by atoms with Crippen LogP contribution in [0.3, 0.4) is 0 Å². The summed E-state index contributed by atoms with van der Waals surface area (Å²) in [7, 11) is 1.29. The van der Waals surface area contributed by atoms with Crippen molar-refractivity contribution in [2.75, 3.05) is 44.7 Å². The molecule has 2 N–H and O–H groups in total. The monoisotopic (exact) mass is 717 g/mol. The summed E-state index contributed by atoms with van der Waals surface area (Å²) in [6, 6.07) is 12.8. The zero-order valence-electron chi connectivity index (χ0n) is 26.5. The number of hydrogen-bond donors (Lipinski definition) is 2. The molecule has 2 saturated heterocycles. The minimum Gasteiger partial charge on any atom is -0.478 e.